The fourth-order valence-electron chi connectivity index (χ4n) is 6.17. The zero-order valence-corrected chi connectivity index (χ0v) is 21.6. The molecule has 2 aromatic rings. The minimum atomic E-state index is -0.181. The summed E-state index contributed by atoms with van der Waals surface area (Å²) in [6.45, 7) is 0. The molecule has 0 radical (unpaired) electrons. The molecule has 0 unspecified atom stereocenters. The Labute approximate surface area is 224 Å². The Morgan fingerprint density at radius 1 is 0.618 bits per heavy atom. The van der Waals surface area contributed by atoms with Crippen LogP contribution in [0.3, 0.4) is 0 Å². The first kappa shape index (κ1) is 27.0. The normalized spacial score (nSPS) is 25.4. The van der Waals surface area contributed by atoms with Crippen molar-refractivity contribution in [2.45, 2.75) is 81.1 Å². The van der Waals surface area contributed by atoms with Crippen molar-refractivity contribution in [3.8, 4) is 0 Å². The summed E-state index contributed by atoms with van der Waals surface area (Å²) in [5, 5.41) is 0. The molecule has 0 amide bonds. The predicted molar refractivity (Wildman–Crippen MR) is 122 cm³/mol. The molecule has 2 aliphatic carbocycles. The minimum Gasteiger partial charge on any atom is -1.00 e. The molecule has 7 heteroatoms. The van der Waals surface area contributed by atoms with Gasteiger partial charge in [0.1, 0.15) is 23.3 Å². The van der Waals surface area contributed by atoms with Crippen molar-refractivity contribution in [3.05, 3.63) is 71.8 Å². The number of aliphatic imine (C=N–C) groups is 2. The van der Waals surface area contributed by atoms with E-state index in [0.29, 0.717) is 6.42 Å². The van der Waals surface area contributed by atoms with Crippen molar-refractivity contribution in [2.75, 3.05) is 0 Å². The standard InChI is InChI=1S/C27H30N2O2.2ClH.Ni/c1-3-11-20(12-4-1)24-26(15-7-8-16-26)30-22(28-24)19-23-29-25(21-13-5-2-6-14-21)27(31-23)17-9-10-18-27;;;/h1-6,11-14,24-25H,7-10,15-19H2;2*1H;/q;;;+2/p-2/t24-,25-;;;/m1.../s1. The van der Waals surface area contributed by atoms with Gasteiger partial charge in [-0.2, -0.15) is 0 Å². The number of benzene rings is 2. The van der Waals surface area contributed by atoms with Crippen LogP contribution in [0.5, 0.6) is 0 Å². The second kappa shape index (κ2) is 11.0. The van der Waals surface area contributed by atoms with Crippen LogP contribution in [0, 0.1) is 0 Å². The maximum atomic E-state index is 6.62. The van der Waals surface area contributed by atoms with E-state index in [-0.39, 0.29) is 64.6 Å². The number of ether oxygens (including phenoxy) is 2. The van der Waals surface area contributed by atoms with Crippen molar-refractivity contribution in [1.82, 2.24) is 0 Å². The van der Waals surface area contributed by atoms with E-state index in [0.717, 1.165) is 37.5 Å². The van der Waals surface area contributed by atoms with E-state index >= 15 is 0 Å². The van der Waals surface area contributed by atoms with Crippen LogP contribution >= 0.6 is 0 Å². The molecule has 2 saturated carbocycles. The molecule has 34 heavy (non-hydrogen) atoms. The van der Waals surface area contributed by atoms with Gasteiger partial charge in [0.25, 0.3) is 0 Å². The number of hydrogen-bond acceptors (Lipinski definition) is 4. The summed E-state index contributed by atoms with van der Waals surface area (Å²) < 4.78 is 13.2. The molecule has 0 bridgehead atoms. The van der Waals surface area contributed by atoms with E-state index in [4.69, 9.17) is 19.5 Å². The Hall–Kier alpha value is -1.55. The van der Waals surface area contributed by atoms with Crippen LogP contribution in [0.25, 0.3) is 0 Å². The van der Waals surface area contributed by atoms with Gasteiger partial charge in [0.15, 0.2) is 11.8 Å². The van der Waals surface area contributed by atoms with E-state index < -0.39 is 0 Å². The molecule has 2 spiro atoms. The average molecular weight is 544 g/mol. The second-order valence-electron chi connectivity index (χ2n) is 9.60. The number of hydrogen-bond donors (Lipinski definition) is 0. The van der Waals surface area contributed by atoms with E-state index in [1.807, 2.05) is 0 Å². The molecule has 6 rings (SSSR count). The maximum absolute atomic E-state index is 6.62. The van der Waals surface area contributed by atoms with Crippen LogP contribution < -0.4 is 24.8 Å². The van der Waals surface area contributed by atoms with Gasteiger partial charge in [-0.25, -0.2) is 9.98 Å². The van der Waals surface area contributed by atoms with Crippen LogP contribution in [0.2, 0.25) is 0 Å². The van der Waals surface area contributed by atoms with Crippen LogP contribution in [-0.4, -0.2) is 23.0 Å². The molecular formula is C27H30Cl2N2NiO2. The Balaban J connectivity index is 0.00000108. The summed E-state index contributed by atoms with van der Waals surface area (Å²) in [7, 11) is 0. The van der Waals surface area contributed by atoms with E-state index in [2.05, 4.69) is 60.7 Å². The maximum Gasteiger partial charge on any atom is 2.00 e. The molecule has 184 valence electrons. The molecule has 2 atom stereocenters. The summed E-state index contributed by atoms with van der Waals surface area (Å²) >= 11 is 0. The zero-order valence-electron chi connectivity index (χ0n) is 19.1. The van der Waals surface area contributed by atoms with Gasteiger partial charge in [0.2, 0.25) is 0 Å². The summed E-state index contributed by atoms with van der Waals surface area (Å²) in [4.78, 5) is 10.2. The smallest absolute Gasteiger partial charge is 1.00 e. The third kappa shape index (κ3) is 4.77. The van der Waals surface area contributed by atoms with Crippen LogP contribution in [0.1, 0.15) is 81.0 Å². The first-order chi connectivity index (χ1) is 15.3. The number of nitrogens with zero attached hydrogens (tertiary/aromatic N) is 2. The SMILES string of the molecule is [Cl-].[Cl-].[Ni+2].c1ccc([C@H]2N=C(CC3=N[C@H](c4ccccc4)C4(CCCC4)O3)OC23CCCC3)cc1. The minimum absolute atomic E-state index is 0. The van der Waals surface area contributed by atoms with Gasteiger partial charge in [-0.1, -0.05) is 60.7 Å². The van der Waals surface area contributed by atoms with Gasteiger partial charge in [0.05, 0.1) is 6.42 Å². The summed E-state index contributed by atoms with van der Waals surface area (Å²) in [5.74, 6) is 1.60. The summed E-state index contributed by atoms with van der Waals surface area (Å²) in [6.07, 6.45) is 9.70. The molecule has 0 saturated heterocycles. The first-order valence-electron chi connectivity index (χ1n) is 11.9. The molecule has 2 heterocycles. The number of rotatable bonds is 4. The third-order valence-corrected chi connectivity index (χ3v) is 7.62. The Kier molecular flexibility index (Phi) is 8.77. The van der Waals surface area contributed by atoms with E-state index in [9.17, 15) is 0 Å². The van der Waals surface area contributed by atoms with Crippen molar-refractivity contribution in [3.63, 3.8) is 0 Å². The van der Waals surface area contributed by atoms with Crippen LogP contribution in [0.15, 0.2) is 70.6 Å². The second-order valence-corrected chi connectivity index (χ2v) is 9.60. The van der Waals surface area contributed by atoms with Gasteiger partial charge >= 0.3 is 16.5 Å². The van der Waals surface area contributed by atoms with E-state index in [1.165, 1.54) is 36.8 Å². The van der Waals surface area contributed by atoms with Gasteiger partial charge in [-0.3, -0.25) is 0 Å². The monoisotopic (exact) mass is 542 g/mol. The van der Waals surface area contributed by atoms with Crippen LogP contribution in [0.4, 0.5) is 0 Å². The van der Waals surface area contributed by atoms with Crippen molar-refractivity contribution < 1.29 is 50.8 Å². The summed E-state index contributed by atoms with van der Waals surface area (Å²) in [5.41, 5.74) is 2.14. The van der Waals surface area contributed by atoms with Gasteiger partial charge < -0.3 is 34.3 Å². The Bertz CT molecular complexity index is 922. The molecular weight excluding hydrogens is 514 g/mol. The average Bonchev–Trinajstić information content (AvgIpc) is 3.60. The van der Waals surface area contributed by atoms with Crippen molar-refractivity contribution in [2.24, 2.45) is 9.98 Å². The predicted octanol–water partition coefficient (Wildman–Crippen LogP) is 0.348. The molecule has 4 aliphatic rings. The van der Waals surface area contributed by atoms with Crippen molar-refractivity contribution >= 4 is 11.8 Å². The fraction of sp³-hybridized carbons (Fsp3) is 0.481. The molecule has 2 aliphatic heterocycles. The molecule has 0 N–H and O–H groups in total. The summed E-state index contributed by atoms with van der Waals surface area (Å²) in [6, 6.07) is 21.4. The third-order valence-electron chi connectivity index (χ3n) is 7.62. The zero-order chi connectivity index (χ0) is 20.7. The fourth-order valence-corrected chi connectivity index (χ4v) is 6.17. The first-order valence-corrected chi connectivity index (χ1v) is 11.9. The van der Waals surface area contributed by atoms with Crippen molar-refractivity contribution in [1.29, 1.82) is 0 Å². The Morgan fingerprint density at radius 3 is 1.32 bits per heavy atom. The molecule has 0 aromatic heterocycles. The topological polar surface area (TPSA) is 43.2 Å². The molecule has 4 nitrogen and oxygen atoms in total. The molecule has 2 fully saturated rings. The molecule has 2 aromatic carbocycles. The number of halogens is 2. The van der Waals surface area contributed by atoms with Gasteiger partial charge in [-0.15, -0.1) is 0 Å². The van der Waals surface area contributed by atoms with Crippen LogP contribution in [-0.2, 0) is 26.0 Å². The van der Waals surface area contributed by atoms with Gasteiger partial charge in [-0.05, 0) is 62.5 Å². The largest absolute Gasteiger partial charge is 2.00 e. The van der Waals surface area contributed by atoms with Gasteiger partial charge in [0, 0.05) is 0 Å². The van der Waals surface area contributed by atoms with E-state index in [1.54, 1.807) is 0 Å². The quantitative estimate of drug-likeness (QED) is 0.522. The Morgan fingerprint density at radius 2 is 0.971 bits per heavy atom.